The lowest BCUT2D eigenvalue weighted by atomic mass is 10.3. The summed E-state index contributed by atoms with van der Waals surface area (Å²) in [5.41, 5.74) is 0.376. The third-order valence-corrected chi connectivity index (χ3v) is 3.11. The van der Waals surface area contributed by atoms with Crippen molar-refractivity contribution in [2.75, 3.05) is 5.32 Å². The quantitative estimate of drug-likeness (QED) is 0.819. The van der Waals surface area contributed by atoms with Gasteiger partial charge in [0.15, 0.2) is 0 Å². The molecule has 1 aromatic carbocycles. The Morgan fingerprint density at radius 2 is 1.74 bits per heavy atom. The molecule has 2 rings (SSSR count). The Morgan fingerprint density at radius 1 is 1.11 bits per heavy atom. The van der Waals surface area contributed by atoms with Crippen molar-refractivity contribution in [3.63, 3.8) is 0 Å². The van der Waals surface area contributed by atoms with E-state index in [1.54, 1.807) is 0 Å². The van der Waals surface area contributed by atoms with E-state index in [0.29, 0.717) is 28.9 Å². The summed E-state index contributed by atoms with van der Waals surface area (Å²) in [7, 11) is 0. The Kier molecular flexibility index (Phi) is 4.45. The van der Waals surface area contributed by atoms with Gasteiger partial charge in [-0.3, -0.25) is 0 Å². The average Bonchev–Trinajstić information content (AvgIpc) is 2.33. The highest BCUT2D eigenvalue weighted by atomic mass is 35.5. The van der Waals surface area contributed by atoms with Gasteiger partial charge in [0.1, 0.15) is 22.6 Å². The fourth-order valence-corrected chi connectivity index (χ4v) is 2.23. The van der Waals surface area contributed by atoms with Gasteiger partial charge in [-0.15, -0.1) is 0 Å². The summed E-state index contributed by atoms with van der Waals surface area (Å²) in [6, 6.07) is 3.87. The maximum atomic E-state index is 13.1. The second-order valence-electron chi connectivity index (χ2n) is 3.72. The molecule has 100 valence electrons. The van der Waals surface area contributed by atoms with Crippen LogP contribution in [0.25, 0.3) is 0 Å². The van der Waals surface area contributed by atoms with Crippen molar-refractivity contribution in [2.45, 2.75) is 13.3 Å². The van der Waals surface area contributed by atoms with Crippen LogP contribution in [-0.4, -0.2) is 9.97 Å². The van der Waals surface area contributed by atoms with Crippen LogP contribution in [-0.2, 0) is 6.42 Å². The minimum absolute atomic E-state index is 0.165. The number of anilines is 2. The smallest absolute Gasteiger partial charge is 0.135 e. The second-order valence-corrected chi connectivity index (χ2v) is 4.92. The summed E-state index contributed by atoms with van der Waals surface area (Å²) in [6.07, 6.45) is 0.639. The molecule has 1 aromatic heterocycles. The molecule has 1 heterocycles. The topological polar surface area (TPSA) is 37.8 Å². The number of halogens is 4. The maximum absolute atomic E-state index is 13.1. The van der Waals surface area contributed by atoms with Crippen molar-refractivity contribution in [3.05, 3.63) is 45.0 Å². The molecule has 0 atom stereocenters. The van der Waals surface area contributed by atoms with E-state index < -0.39 is 5.82 Å². The minimum Gasteiger partial charge on any atom is -0.338 e. The molecular weight excluding hydrogens is 312 g/mol. The highest BCUT2D eigenvalue weighted by Crippen LogP contribution is 2.33. The van der Waals surface area contributed by atoms with Crippen LogP contribution in [0.3, 0.4) is 0 Å². The van der Waals surface area contributed by atoms with E-state index >= 15 is 0 Å². The van der Waals surface area contributed by atoms with E-state index in [-0.39, 0.29) is 10.0 Å². The molecule has 3 nitrogen and oxygen atoms in total. The van der Waals surface area contributed by atoms with Gasteiger partial charge in [0.05, 0.1) is 15.7 Å². The van der Waals surface area contributed by atoms with E-state index in [1.165, 1.54) is 18.2 Å². The number of nitrogens with one attached hydrogen (secondary N) is 1. The van der Waals surface area contributed by atoms with Gasteiger partial charge in [0.25, 0.3) is 0 Å². The molecule has 0 unspecified atom stereocenters. The van der Waals surface area contributed by atoms with Crippen LogP contribution >= 0.6 is 34.8 Å². The summed E-state index contributed by atoms with van der Waals surface area (Å²) in [6.45, 7) is 1.91. The van der Waals surface area contributed by atoms with Crippen molar-refractivity contribution >= 4 is 46.3 Å². The predicted molar refractivity (Wildman–Crippen MR) is 76.1 cm³/mol. The third-order valence-electron chi connectivity index (χ3n) is 2.32. The highest BCUT2D eigenvalue weighted by molar-refractivity contribution is 6.39. The van der Waals surface area contributed by atoms with Crippen molar-refractivity contribution in [2.24, 2.45) is 0 Å². The predicted octanol–water partition coefficient (Wildman–Crippen LogP) is 4.88. The molecular formula is C12H9Cl3FN3. The number of aryl methyl sites for hydroxylation is 1. The van der Waals surface area contributed by atoms with Gasteiger partial charge < -0.3 is 5.32 Å². The van der Waals surface area contributed by atoms with E-state index in [4.69, 9.17) is 34.8 Å². The molecule has 0 aliphatic heterocycles. The first-order valence-corrected chi connectivity index (χ1v) is 6.58. The summed E-state index contributed by atoms with van der Waals surface area (Å²) in [5, 5.41) is 3.56. The fraction of sp³-hybridized carbons (Fsp3) is 0.167. The maximum Gasteiger partial charge on any atom is 0.135 e. The first-order chi connectivity index (χ1) is 8.99. The fourth-order valence-electron chi connectivity index (χ4n) is 1.48. The lowest BCUT2D eigenvalue weighted by Crippen LogP contribution is -2.00. The largest absolute Gasteiger partial charge is 0.338 e. The van der Waals surface area contributed by atoms with Crippen molar-refractivity contribution in [1.82, 2.24) is 9.97 Å². The molecule has 0 aliphatic carbocycles. The van der Waals surface area contributed by atoms with Gasteiger partial charge in [-0.1, -0.05) is 41.7 Å². The Balaban J connectivity index is 2.39. The molecule has 0 saturated heterocycles. The molecule has 0 radical (unpaired) electrons. The molecule has 0 amide bonds. The standard InChI is InChI=1S/C12H9Cl3FN3/c1-2-10-17-9(15)5-11(18-10)19-12-7(13)3-6(16)4-8(12)14/h3-5H,2H2,1H3,(H,17,18,19). The van der Waals surface area contributed by atoms with Gasteiger partial charge in [0.2, 0.25) is 0 Å². The Hall–Kier alpha value is -1.10. The van der Waals surface area contributed by atoms with Crippen LogP contribution in [0.4, 0.5) is 15.9 Å². The number of hydrogen-bond donors (Lipinski definition) is 1. The van der Waals surface area contributed by atoms with Gasteiger partial charge in [-0.2, -0.15) is 0 Å². The highest BCUT2D eigenvalue weighted by Gasteiger charge is 2.10. The van der Waals surface area contributed by atoms with Crippen molar-refractivity contribution < 1.29 is 4.39 Å². The van der Waals surface area contributed by atoms with Crippen LogP contribution in [0.15, 0.2) is 18.2 Å². The Labute approximate surface area is 124 Å². The molecule has 0 spiro atoms. The molecule has 7 heteroatoms. The van der Waals surface area contributed by atoms with E-state index in [1.807, 2.05) is 6.92 Å². The molecule has 19 heavy (non-hydrogen) atoms. The molecule has 0 fully saturated rings. The lowest BCUT2D eigenvalue weighted by molar-refractivity contribution is 0.628. The van der Waals surface area contributed by atoms with Gasteiger partial charge >= 0.3 is 0 Å². The number of benzene rings is 1. The van der Waals surface area contributed by atoms with Gasteiger partial charge in [-0.05, 0) is 12.1 Å². The van der Waals surface area contributed by atoms with E-state index in [9.17, 15) is 4.39 Å². The summed E-state index contributed by atoms with van der Waals surface area (Å²) >= 11 is 17.8. The lowest BCUT2D eigenvalue weighted by Gasteiger charge is -2.10. The van der Waals surface area contributed by atoms with Crippen LogP contribution in [0.5, 0.6) is 0 Å². The van der Waals surface area contributed by atoms with Gasteiger partial charge in [-0.25, -0.2) is 14.4 Å². The zero-order valence-electron chi connectivity index (χ0n) is 9.85. The monoisotopic (exact) mass is 319 g/mol. The van der Waals surface area contributed by atoms with Crippen LogP contribution in [0.1, 0.15) is 12.7 Å². The van der Waals surface area contributed by atoms with E-state index in [0.717, 1.165) is 0 Å². The summed E-state index contributed by atoms with van der Waals surface area (Å²) in [5.74, 6) is 0.534. The molecule has 0 bridgehead atoms. The van der Waals surface area contributed by atoms with E-state index in [2.05, 4.69) is 15.3 Å². The van der Waals surface area contributed by atoms with Gasteiger partial charge in [0, 0.05) is 12.5 Å². The number of nitrogens with zero attached hydrogens (tertiary/aromatic N) is 2. The number of aromatic nitrogens is 2. The molecule has 1 N–H and O–H groups in total. The normalized spacial score (nSPS) is 10.6. The third kappa shape index (κ3) is 3.47. The molecule has 0 saturated carbocycles. The van der Waals surface area contributed by atoms with Crippen LogP contribution in [0, 0.1) is 5.82 Å². The zero-order chi connectivity index (χ0) is 14.0. The number of rotatable bonds is 3. The minimum atomic E-state index is -0.504. The first-order valence-electron chi connectivity index (χ1n) is 5.44. The first kappa shape index (κ1) is 14.3. The summed E-state index contributed by atoms with van der Waals surface area (Å²) in [4.78, 5) is 8.28. The van der Waals surface area contributed by atoms with Crippen LogP contribution in [0.2, 0.25) is 15.2 Å². The summed E-state index contributed by atoms with van der Waals surface area (Å²) < 4.78 is 13.1. The molecule has 0 aliphatic rings. The zero-order valence-corrected chi connectivity index (χ0v) is 12.1. The Bertz CT molecular complexity index is 596. The van der Waals surface area contributed by atoms with Crippen molar-refractivity contribution in [1.29, 1.82) is 0 Å². The number of hydrogen-bond acceptors (Lipinski definition) is 3. The Morgan fingerprint density at radius 3 is 2.32 bits per heavy atom. The second kappa shape index (κ2) is 5.90. The SMILES string of the molecule is CCc1nc(Cl)cc(Nc2c(Cl)cc(F)cc2Cl)n1. The average molecular weight is 321 g/mol. The van der Waals surface area contributed by atoms with Crippen LogP contribution < -0.4 is 5.32 Å². The van der Waals surface area contributed by atoms with Crippen molar-refractivity contribution in [3.8, 4) is 0 Å². The molecule has 2 aromatic rings.